The zero-order chi connectivity index (χ0) is 10.6. The first-order chi connectivity index (χ1) is 6.58. The summed E-state index contributed by atoms with van der Waals surface area (Å²) in [5, 5.41) is 10.1. The van der Waals surface area contributed by atoms with Gasteiger partial charge in [0.05, 0.1) is 6.42 Å². The molecule has 1 rings (SSSR count). The van der Waals surface area contributed by atoms with E-state index in [1.165, 1.54) is 0 Å². The van der Waals surface area contributed by atoms with E-state index >= 15 is 0 Å². The van der Waals surface area contributed by atoms with Gasteiger partial charge in [0.15, 0.2) is 0 Å². The number of amides is 1. The molecule has 14 heavy (non-hydrogen) atoms. The maximum Gasteiger partial charge on any atom is 0.231 e. The van der Waals surface area contributed by atoms with Gasteiger partial charge in [-0.1, -0.05) is 11.6 Å². The number of halogens is 1. The molecule has 0 saturated heterocycles. The molecule has 1 aromatic carbocycles. The molecule has 0 aliphatic carbocycles. The van der Waals surface area contributed by atoms with Gasteiger partial charge >= 0.3 is 0 Å². The molecule has 1 aromatic rings. The standard InChI is InChI=1S/C9H10ClN3O/c10-6-1-3-7(4-2-6)13-9(14)5-8(11)12/h1-4H,5H2,(H3,11,12)(H,13,14). The highest BCUT2D eigenvalue weighted by atomic mass is 35.5. The minimum Gasteiger partial charge on any atom is -0.387 e. The fourth-order valence-corrected chi connectivity index (χ4v) is 1.04. The zero-order valence-corrected chi connectivity index (χ0v) is 8.14. The van der Waals surface area contributed by atoms with Crippen molar-refractivity contribution in [1.29, 1.82) is 5.41 Å². The summed E-state index contributed by atoms with van der Waals surface area (Å²) in [6, 6.07) is 6.70. The number of hydrogen-bond donors (Lipinski definition) is 3. The lowest BCUT2D eigenvalue weighted by atomic mass is 10.3. The molecular formula is C9H10ClN3O. The normalized spacial score (nSPS) is 9.50. The van der Waals surface area contributed by atoms with E-state index in [-0.39, 0.29) is 18.2 Å². The second-order valence-corrected chi connectivity index (χ2v) is 3.19. The number of benzene rings is 1. The number of anilines is 1. The third-order valence-electron chi connectivity index (χ3n) is 1.48. The van der Waals surface area contributed by atoms with Gasteiger partial charge in [0, 0.05) is 10.7 Å². The summed E-state index contributed by atoms with van der Waals surface area (Å²) in [6.45, 7) is 0. The Bertz CT molecular complexity index is 348. The van der Waals surface area contributed by atoms with Crippen molar-refractivity contribution in [2.45, 2.75) is 6.42 Å². The quantitative estimate of drug-likeness (QED) is 0.525. The predicted molar refractivity (Wildman–Crippen MR) is 56.6 cm³/mol. The van der Waals surface area contributed by atoms with E-state index in [1.54, 1.807) is 24.3 Å². The number of carbonyl (C=O) groups excluding carboxylic acids is 1. The fraction of sp³-hybridized carbons (Fsp3) is 0.111. The number of nitrogens with one attached hydrogen (secondary N) is 2. The number of carbonyl (C=O) groups is 1. The van der Waals surface area contributed by atoms with Gasteiger partial charge in [0.1, 0.15) is 5.84 Å². The second-order valence-electron chi connectivity index (χ2n) is 2.76. The van der Waals surface area contributed by atoms with Crippen LogP contribution in [0.1, 0.15) is 6.42 Å². The minimum absolute atomic E-state index is 0.0946. The maximum atomic E-state index is 11.1. The van der Waals surface area contributed by atoms with Crippen LogP contribution >= 0.6 is 11.6 Å². The lowest BCUT2D eigenvalue weighted by molar-refractivity contribution is -0.115. The van der Waals surface area contributed by atoms with Gasteiger partial charge in [0.25, 0.3) is 0 Å². The second kappa shape index (κ2) is 4.62. The SMILES string of the molecule is N=C(N)CC(=O)Nc1ccc(Cl)cc1. The molecule has 74 valence electrons. The Morgan fingerprint density at radius 3 is 2.50 bits per heavy atom. The van der Waals surface area contributed by atoms with E-state index in [1.807, 2.05) is 0 Å². The highest BCUT2D eigenvalue weighted by molar-refractivity contribution is 6.30. The summed E-state index contributed by atoms with van der Waals surface area (Å²) < 4.78 is 0. The van der Waals surface area contributed by atoms with Gasteiger partial charge in [-0.2, -0.15) is 0 Å². The molecule has 0 unspecified atom stereocenters. The number of hydrogen-bond acceptors (Lipinski definition) is 2. The van der Waals surface area contributed by atoms with E-state index in [0.29, 0.717) is 10.7 Å². The third-order valence-corrected chi connectivity index (χ3v) is 1.73. The van der Waals surface area contributed by atoms with Gasteiger partial charge in [-0.3, -0.25) is 10.2 Å². The Balaban J connectivity index is 2.56. The van der Waals surface area contributed by atoms with Crippen LogP contribution in [0.3, 0.4) is 0 Å². The molecule has 0 radical (unpaired) electrons. The first-order valence-corrected chi connectivity index (χ1v) is 4.34. The van der Waals surface area contributed by atoms with E-state index in [4.69, 9.17) is 22.7 Å². The highest BCUT2D eigenvalue weighted by Gasteiger charge is 2.03. The van der Waals surface area contributed by atoms with E-state index < -0.39 is 0 Å². The monoisotopic (exact) mass is 211 g/mol. The zero-order valence-electron chi connectivity index (χ0n) is 7.38. The van der Waals surface area contributed by atoms with Crippen LogP contribution in [-0.2, 0) is 4.79 Å². The van der Waals surface area contributed by atoms with Crippen LogP contribution < -0.4 is 11.1 Å². The average molecular weight is 212 g/mol. The number of nitrogens with two attached hydrogens (primary N) is 1. The number of amidine groups is 1. The fourth-order valence-electron chi connectivity index (χ4n) is 0.911. The summed E-state index contributed by atoms with van der Waals surface area (Å²) in [5.74, 6) is -0.462. The van der Waals surface area contributed by atoms with Crippen LogP contribution in [0.4, 0.5) is 5.69 Å². The Morgan fingerprint density at radius 2 is 2.00 bits per heavy atom. The van der Waals surface area contributed by atoms with Crippen LogP contribution in [0.5, 0.6) is 0 Å². The first kappa shape index (κ1) is 10.5. The molecule has 1 amide bonds. The van der Waals surface area contributed by atoms with Crippen molar-refractivity contribution in [3.8, 4) is 0 Å². The Hall–Kier alpha value is -1.55. The Kier molecular flexibility index (Phi) is 3.48. The van der Waals surface area contributed by atoms with Crippen molar-refractivity contribution in [2.24, 2.45) is 5.73 Å². The van der Waals surface area contributed by atoms with E-state index in [2.05, 4.69) is 5.32 Å². The molecule has 5 heteroatoms. The van der Waals surface area contributed by atoms with Crippen molar-refractivity contribution in [3.63, 3.8) is 0 Å². The predicted octanol–water partition coefficient (Wildman–Crippen LogP) is 1.60. The molecule has 0 heterocycles. The smallest absolute Gasteiger partial charge is 0.231 e. The van der Waals surface area contributed by atoms with Crippen LogP contribution in [0.25, 0.3) is 0 Å². The van der Waals surface area contributed by atoms with Gasteiger partial charge in [0.2, 0.25) is 5.91 Å². The molecule has 0 spiro atoms. The van der Waals surface area contributed by atoms with Crippen molar-refractivity contribution in [3.05, 3.63) is 29.3 Å². The highest BCUT2D eigenvalue weighted by Crippen LogP contribution is 2.13. The molecule has 0 aliphatic heterocycles. The molecule has 4 N–H and O–H groups in total. The molecule has 4 nitrogen and oxygen atoms in total. The van der Waals surface area contributed by atoms with Gasteiger partial charge < -0.3 is 11.1 Å². The van der Waals surface area contributed by atoms with Crippen molar-refractivity contribution in [2.75, 3.05) is 5.32 Å². The molecule has 0 atom stereocenters. The Labute approximate surface area is 86.6 Å². The summed E-state index contributed by atoms with van der Waals surface area (Å²) in [4.78, 5) is 11.1. The minimum atomic E-state index is -0.306. The largest absolute Gasteiger partial charge is 0.387 e. The van der Waals surface area contributed by atoms with Crippen molar-refractivity contribution < 1.29 is 4.79 Å². The molecule has 0 aromatic heterocycles. The maximum absolute atomic E-state index is 11.1. The lowest BCUT2D eigenvalue weighted by Gasteiger charge is -2.03. The lowest BCUT2D eigenvalue weighted by Crippen LogP contribution is -2.20. The van der Waals surface area contributed by atoms with Crippen molar-refractivity contribution >= 4 is 29.0 Å². The van der Waals surface area contributed by atoms with Gasteiger partial charge in [-0.25, -0.2) is 0 Å². The molecule has 0 fully saturated rings. The van der Waals surface area contributed by atoms with Crippen LogP contribution in [0.15, 0.2) is 24.3 Å². The van der Waals surface area contributed by atoms with Crippen LogP contribution in [0.2, 0.25) is 5.02 Å². The number of rotatable bonds is 3. The van der Waals surface area contributed by atoms with Crippen LogP contribution in [0, 0.1) is 5.41 Å². The summed E-state index contributed by atoms with van der Waals surface area (Å²) in [6.07, 6.45) is -0.0946. The van der Waals surface area contributed by atoms with Gasteiger partial charge in [-0.15, -0.1) is 0 Å². The molecule has 0 aliphatic rings. The topological polar surface area (TPSA) is 79.0 Å². The van der Waals surface area contributed by atoms with Crippen molar-refractivity contribution in [1.82, 2.24) is 0 Å². The summed E-state index contributed by atoms with van der Waals surface area (Å²) in [5.41, 5.74) is 5.71. The average Bonchev–Trinajstić information content (AvgIpc) is 2.07. The molecular weight excluding hydrogens is 202 g/mol. The van der Waals surface area contributed by atoms with E-state index in [0.717, 1.165) is 0 Å². The summed E-state index contributed by atoms with van der Waals surface area (Å²) in [7, 11) is 0. The first-order valence-electron chi connectivity index (χ1n) is 3.96. The van der Waals surface area contributed by atoms with Crippen LogP contribution in [-0.4, -0.2) is 11.7 Å². The summed E-state index contributed by atoms with van der Waals surface area (Å²) >= 11 is 5.67. The third kappa shape index (κ3) is 3.45. The molecule has 0 saturated carbocycles. The molecule has 0 bridgehead atoms. The van der Waals surface area contributed by atoms with Gasteiger partial charge in [-0.05, 0) is 24.3 Å². The Morgan fingerprint density at radius 1 is 1.43 bits per heavy atom. The van der Waals surface area contributed by atoms with E-state index in [9.17, 15) is 4.79 Å².